The topological polar surface area (TPSA) is 17.3 Å². The van der Waals surface area contributed by atoms with Gasteiger partial charge in [-0.1, -0.05) is 35.9 Å². The van der Waals surface area contributed by atoms with E-state index < -0.39 is 11.7 Å². The molecule has 4 aromatic rings. The van der Waals surface area contributed by atoms with Crippen LogP contribution in [-0.2, 0) is 12.7 Å². The molecule has 1 aromatic heterocycles. The van der Waals surface area contributed by atoms with Crippen LogP contribution >= 0.6 is 11.6 Å². The summed E-state index contributed by atoms with van der Waals surface area (Å²) in [5.41, 5.74) is 2.37. The van der Waals surface area contributed by atoms with Crippen molar-refractivity contribution in [1.82, 2.24) is 4.57 Å². The molecule has 0 bridgehead atoms. The number of aliphatic imine (C=N–C) groups is 1. The van der Waals surface area contributed by atoms with Crippen LogP contribution < -0.4 is 0 Å². The molecule has 0 atom stereocenters. The smallest absolute Gasteiger partial charge is 0.341 e. The minimum atomic E-state index is -4.43. The van der Waals surface area contributed by atoms with Crippen molar-refractivity contribution in [1.29, 1.82) is 0 Å². The van der Waals surface area contributed by atoms with Gasteiger partial charge in [-0.2, -0.15) is 13.2 Å². The summed E-state index contributed by atoms with van der Waals surface area (Å²) >= 11 is 6.02. The minimum absolute atomic E-state index is 0.0903. The first kappa shape index (κ1) is 18.6. The Hall–Kier alpha value is -2.79. The van der Waals surface area contributed by atoms with E-state index in [-0.39, 0.29) is 10.7 Å². The van der Waals surface area contributed by atoms with Gasteiger partial charge in [-0.3, -0.25) is 4.99 Å². The molecule has 28 heavy (non-hydrogen) atoms. The first-order chi connectivity index (χ1) is 13.4. The zero-order valence-corrected chi connectivity index (χ0v) is 15.7. The fourth-order valence-corrected chi connectivity index (χ4v) is 3.59. The third kappa shape index (κ3) is 3.27. The zero-order chi connectivity index (χ0) is 19.9. The second kappa shape index (κ2) is 6.99. The largest absolute Gasteiger partial charge is 0.416 e. The maximum atomic E-state index is 12.9. The van der Waals surface area contributed by atoms with Crippen molar-refractivity contribution in [2.75, 3.05) is 0 Å². The Balaban J connectivity index is 1.78. The lowest BCUT2D eigenvalue weighted by Gasteiger charge is -2.08. The maximum absolute atomic E-state index is 12.9. The summed E-state index contributed by atoms with van der Waals surface area (Å²) in [5, 5.41) is 2.39. The first-order valence-corrected chi connectivity index (χ1v) is 9.18. The van der Waals surface area contributed by atoms with Gasteiger partial charge in [0.15, 0.2) is 0 Å². The van der Waals surface area contributed by atoms with Gasteiger partial charge in [0.1, 0.15) is 0 Å². The lowest BCUT2D eigenvalue weighted by molar-refractivity contribution is -0.137. The van der Waals surface area contributed by atoms with Crippen LogP contribution in [0, 0.1) is 0 Å². The Bertz CT molecular complexity index is 1210. The summed E-state index contributed by atoms with van der Waals surface area (Å²) in [6.45, 7) is 2.94. The maximum Gasteiger partial charge on any atom is 0.416 e. The number of aromatic nitrogens is 1. The molecular formula is C22H16ClF3N2. The Morgan fingerprint density at radius 2 is 1.71 bits per heavy atom. The van der Waals surface area contributed by atoms with E-state index in [0.29, 0.717) is 0 Å². The van der Waals surface area contributed by atoms with Gasteiger partial charge < -0.3 is 4.57 Å². The number of nitrogens with zero attached hydrogens (tertiary/aromatic N) is 2. The molecule has 0 fully saturated rings. The molecule has 0 aliphatic carbocycles. The van der Waals surface area contributed by atoms with Crippen LogP contribution in [0.25, 0.3) is 21.8 Å². The number of hydrogen-bond acceptors (Lipinski definition) is 1. The van der Waals surface area contributed by atoms with Crippen LogP contribution in [0.2, 0.25) is 5.02 Å². The SMILES string of the molecule is CCn1c2ccccc2c2cc(C=Nc3cc(C(F)(F)F)ccc3Cl)ccc21. The molecule has 3 aromatic carbocycles. The number of alkyl halides is 3. The van der Waals surface area contributed by atoms with E-state index in [2.05, 4.69) is 28.6 Å². The van der Waals surface area contributed by atoms with Crippen molar-refractivity contribution in [3.8, 4) is 0 Å². The van der Waals surface area contributed by atoms with Crippen molar-refractivity contribution in [2.24, 2.45) is 4.99 Å². The minimum Gasteiger partial charge on any atom is -0.341 e. The van der Waals surface area contributed by atoms with Crippen molar-refractivity contribution in [3.05, 3.63) is 76.8 Å². The molecule has 0 radical (unpaired) electrons. The van der Waals surface area contributed by atoms with Gasteiger partial charge in [0.25, 0.3) is 0 Å². The molecule has 0 amide bonds. The van der Waals surface area contributed by atoms with Crippen LogP contribution in [0.4, 0.5) is 18.9 Å². The van der Waals surface area contributed by atoms with Crippen molar-refractivity contribution in [3.63, 3.8) is 0 Å². The fourth-order valence-electron chi connectivity index (χ4n) is 3.42. The van der Waals surface area contributed by atoms with Crippen molar-refractivity contribution >= 4 is 45.3 Å². The standard InChI is InChI=1S/C22H16ClF3N2/c1-2-28-20-6-4-3-5-16(20)17-11-14(7-10-21(17)28)13-27-19-12-15(22(24,25)26)8-9-18(19)23/h3-13H,2H2,1H3. The number of hydrogen-bond donors (Lipinski definition) is 0. The van der Waals surface area contributed by atoms with E-state index >= 15 is 0 Å². The summed E-state index contributed by atoms with van der Waals surface area (Å²) in [7, 11) is 0. The third-order valence-corrected chi connectivity index (χ3v) is 5.06. The van der Waals surface area contributed by atoms with Crippen LogP contribution in [-0.4, -0.2) is 10.8 Å². The number of aryl methyl sites for hydroxylation is 1. The van der Waals surface area contributed by atoms with E-state index in [1.54, 1.807) is 6.21 Å². The second-order valence-corrected chi connectivity index (χ2v) is 6.87. The molecule has 2 nitrogen and oxygen atoms in total. The van der Waals surface area contributed by atoms with Crippen LogP contribution in [0.3, 0.4) is 0 Å². The quantitative estimate of drug-likeness (QED) is 0.322. The van der Waals surface area contributed by atoms with Crippen molar-refractivity contribution < 1.29 is 13.2 Å². The molecule has 4 rings (SSSR count). The zero-order valence-electron chi connectivity index (χ0n) is 15.0. The predicted octanol–water partition coefficient (Wildman–Crippen LogP) is 7.24. The molecule has 0 unspecified atom stereocenters. The second-order valence-electron chi connectivity index (χ2n) is 6.46. The molecule has 0 N–H and O–H groups in total. The highest BCUT2D eigenvalue weighted by molar-refractivity contribution is 6.33. The number of benzene rings is 3. The number of halogens is 4. The van der Waals surface area contributed by atoms with Gasteiger partial charge in [-0.25, -0.2) is 0 Å². The predicted molar refractivity (Wildman–Crippen MR) is 109 cm³/mol. The lowest BCUT2D eigenvalue weighted by atomic mass is 10.1. The lowest BCUT2D eigenvalue weighted by Crippen LogP contribution is -2.04. The Kier molecular flexibility index (Phi) is 4.63. The highest BCUT2D eigenvalue weighted by atomic mass is 35.5. The molecule has 6 heteroatoms. The van der Waals surface area contributed by atoms with Crippen LogP contribution in [0.1, 0.15) is 18.1 Å². The van der Waals surface area contributed by atoms with Crippen LogP contribution in [0.15, 0.2) is 65.7 Å². The monoisotopic (exact) mass is 400 g/mol. The summed E-state index contributed by atoms with van der Waals surface area (Å²) < 4.78 is 41.0. The van der Waals surface area contributed by atoms with Gasteiger partial charge in [0.05, 0.1) is 16.3 Å². The van der Waals surface area contributed by atoms with Gasteiger partial charge in [0.2, 0.25) is 0 Å². The average Bonchev–Trinajstić information content (AvgIpc) is 2.99. The normalized spacial score (nSPS) is 12.5. The molecule has 0 saturated heterocycles. The third-order valence-electron chi connectivity index (χ3n) is 4.74. The van der Waals surface area contributed by atoms with Gasteiger partial charge in [-0.05, 0) is 48.9 Å². The number of fused-ring (bicyclic) bond motifs is 3. The van der Waals surface area contributed by atoms with Gasteiger partial charge >= 0.3 is 6.18 Å². The van der Waals surface area contributed by atoms with E-state index in [0.717, 1.165) is 46.0 Å². The number of para-hydroxylation sites is 1. The van der Waals surface area contributed by atoms with Gasteiger partial charge in [0, 0.05) is 34.6 Å². The molecular weight excluding hydrogens is 385 g/mol. The van der Waals surface area contributed by atoms with E-state index in [1.165, 1.54) is 6.07 Å². The van der Waals surface area contributed by atoms with Crippen molar-refractivity contribution in [2.45, 2.75) is 19.6 Å². The Morgan fingerprint density at radius 1 is 0.964 bits per heavy atom. The molecule has 1 heterocycles. The fraction of sp³-hybridized carbons (Fsp3) is 0.136. The van der Waals surface area contributed by atoms with E-state index in [9.17, 15) is 13.2 Å². The molecule has 0 aliphatic heterocycles. The summed E-state index contributed by atoms with van der Waals surface area (Å²) in [5.74, 6) is 0. The molecule has 0 aliphatic rings. The van der Waals surface area contributed by atoms with E-state index in [1.807, 2.05) is 30.3 Å². The van der Waals surface area contributed by atoms with Crippen LogP contribution in [0.5, 0.6) is 0 Å². The Labute approximate surface area is 164 Å². The molecule has 0 spiro atoms. The average molecular weight is 401 g/mol. The molecule has 142 valence electrons. The van der Waals surface area contributed by atoms with Gasteiger partial charge in [-0.15, -0.1) is 0 Å². The highest BCUT2D eigenvalue weighted by Crippen LogP contribution is 2.35. The first-order valence-electron chi connectivity index (χ1n) is 8.80. The Morgan fingerprint density at radius 3 is 2.46 bits per heavy atom. The number of rotatable bonds is 3. The highest BCUT2D eigenvalue weighted by Gasteiger charge is 2.30. The molecule has 0 saturated carbocycles. The summed E-state index contributed by atoms with van der Waals surface area (Å²) in [6, 6.07) is 17.2. The summed E-state index contributed by atoms with van der Waals surface area (Å²) in [6.07, 6.45) is -2.89. The van der Waals surface area contributed by atoms with E-state index in [4.69, 9.17) is 11.6 Å². The summed E-state index contributed by atoms with van der Waals surface area (Å²) in [4.78, 5) is 4.20.